The van der Waals surface area contributed by atoms with E-state index in [1.807, 2.05) is 17.8 Å². The van der Waals surface area contributed by atoms with E-state index in [1.54, 1.807) is 0 Å². The van der Waals surface area contributed by atoms with E-state index >= 15 is 0 Å². The normalized spacial score (nSPS) is 14.8. The summed E-state index contributed by atoms with van der Waals surface area (Å²) in [5.41, 5.74) is 9.66. The summed E-state index contributed by atoms with van der Waals surface area (Å²) in [5, 5.41) is 0. The van der Waals surface area contributed by atoms with Crippen LogP contribution in [0.2, 0.25) is 0 Å². The van der Waals surface area contributed by atoms with Crippen molar-refractivity contribution in [2.24, 2.45) is 0 Å². The quantitative estimate of drug-likeness (QED) is 0.151. The predicted octanol–water partition coefficient (Wildman–Crippen LogP) is 9.99. The number of anilines is 1. The summed E-state index contributed by atoms with van der Waals surface area (Å²) in [6, 6.07) is 29.8. The van der Waals surface area contributed by atoms with Gasteiger partial charge < -0.3 is 4.90 Å². The molecule has 1 saturated heterocycles. The Morgan fingerprint density at radius 1 is 0.756 bits per heavy atom. The first-order chi connectivity index (χ1) is 20.0. The Bertz CT molecular complexity index is 1290. The third-order valence-corrected chi connectivity index (χ3v) is 8.72. The number of para-hydroxylation sites is 1. The van der Waals surface area contributed by atoms with Crippen molar-refractivity contribution in [1.82, 2.24) is 4.90 Å². The van der Waals surface area contributed by atoms with Gasteiger partial charge in [-0.2, -0.15) is 0 Å². The topological polar surface area (TPSA) is 6.48 Å². The lowest BCUT2D eigenvalue weighted by Crippen LogP contribution is -2.45. The van der Waals surface area contributed by atoms with Crippen LogP contribution in [0, 0.1) is 6.07 Å². The molecular formula is C38H47N2S. The van der Waals surface area contributed by atoms with Crippen LogP contribution in [0.25, 0.3) is 11.1 Å². The molecule has 3 aromatic carbocycles. The maximum atomic E-state index is 3.50. The molecule has 0 N–H and O–H groups in total. The van der Waals surface area contributed by atoms with Gasteiger partial charge in [-0.1, -0.05) is 95.6 Å². The van der Waals surface area contributed by atoms with Crippen LogP contribution in [0.3, 0.4) is 0 Å². The third-order valence-electron chi connectivity index (χ3n) is 7.77. The zero-order valence-corrected chi connectivity index (χ0v) is 26.4. The van der Waals surface area contributed by atoms with Gasteiger partial charge in [0.1, 0.15) is 0 Å². The molecule has 0 bridgehead atoms. The molecule has 0 unspecified atom stereocenters. The molecule has 0 amide bonds. The first kappa shape index (κ1) is 30.9. The average Bonchev–Trinajstić information content (AvgIpc) is 2.98. The van der Waals surface area contributed by atoms with Crippen LogP contribution in [-0.4, -0.2) is 36.8 Å². The van der Waals surface area contributed by atoms with E-state index in [-0.39, 0.29) is 0 Å². The van der Waals surface area contributed by atoms with Gasteiger partial charge in [-0.05, 0) is 88.3 Å². The van der Waals surface area contributed by atoms with Gasteiger partial charge in [-0.25, -0.2) is 0 Å². The summed E-state index contributed by atoms with van der Waals surface area (Å²) in [5.74, 6) is 0.982. The molecule has 215 valence electrons. The van der Waals surface area contributed by atoms with E-state index in [1.165, 1.54) is 50.4 Å². The number of allylic oxidation sites excluding steroid dienone is 5. The largest absolute Gasteiger partial charge is 0.369 e. The second-order valence-corrected chi connectivity index (χ2v) is 12.5. The van der Waals surface area contributed by atoms with Crippen LogP contribution in [0.5, 0.6) is 0 Å². The lowest BCUT2D eigenvalue weighted by atomic mass is 10.0. The van der Waals surface area contributed by atoms with E-state index in [9.17, 15) is 0 Å². The first-order valence-electron chi connectivity index (χ1n) is 15.2. The number of hydrogen-bond acceptors (Lipinski definition) is 3. The highest BCUT2D eigenvalue weighted by atomic mass is 32.2. The number of piperazine rings is 1. The third kappa shape index (κ3) is 10.4. The molecule has 1 fully saturated rings. The summed E-state index contributed by atoms with van der Waals surface area (Å²) in [7, 11) is 0. The number of benzene rings is 3. The van der Waals surface area contributed by atoms with Crippen molar-refractivity contribution in [2.45, 2.75) is 64.8 Å². The highest BCUT2D eigenvalue weighted by Crippen LogP contribution is 2.32. The van der Waals surface area contributed by atoms with Crippen molar-refractivity contribution in [3.63, 3.8) is 0 Å². The van der Waals surface area contributed by atoms with Gasteiger partial charge in [0.2, 0.25) is 0 Å². The Morgan fingerprint density at radius 2 is 1.44 bits per heavy atom. The molecule has 4 rings (SSSR count). The molecule has 1 radical (unpaired) electrons. The highest BCUT2D eigenvalue weighted by molar-refractivity contribution is 7.99. The molecule has 1 aliphatic rings. The van der Waals surface area contributed by atoms with Crippen LogP contribution in [0.1, 0.15) is 58.9 Å². The molecule has 3 aromatic rings. The van der Waals surface area contributed by atoms with Crippen LogP contribution < -0.4 is 4.90 Å². The molecule has 0 atom stereocenters. The van der Waals surface area contributed by atoms with Crippen molar-refractivity contribution in [3.8, 4) is 11.1 Å². The number of hydrogen-bond donors (Lipinski definition) is 0. The minimum Gasteiger partial charge on any atom is -0.369 e. The van der Waals surface area contributed by atoms with Crippen LogP contribution in [0.4, 0.5) is 5.69 Å². The Labute approximate surface area is 253 Å². The number of rotatable bonds is 13. The summed E-state index contributed by atoms with van der Waals surface area (Å²) < 4.78 is 0. The second kappa shape index (κ2) is 16.4. The molecule has 2 nitrogen and oxygen atoms in total. The number of nitrogens with zero attached hydrogens (tertiary/aromatic N) is 2. The summed E-state index contributed by atoms with van der Waals surface area (Å²) in [4.78, 5) is 6.30. The van der Waals surface area contributed by atoms with Crippen molar-refractivity contribution in [2.75, 3.05) is 36.8 Å². The summed E-state index contributed by atoms with van der Waals surface area (Å²) >= 11 is 1.89. The number of thioether (sulfide) groups is 1. The van der Waals surface area contributed by atoms with Crippen molar-refractivity contribution in [3.05, 3.63) is 119 Å². The zero-order valence-electron chi connectivity index (χ0n) is 25.5. The SMILES string of the molecule is CC(C)=CCC/C(C)=C/CC/C(C)=C/CSc1[c]cccc1-c1ccc(CN2CCN(c3ccccc3)CC2)cc1. The Hall–Kier alpha value is -3.01. The molecule has 1 aliphatic heterocycles. The van der Waals surface area contributed by atoms with E-state index < -0.39 is 0 Å². The van der Waals surface area contributed by atoms with Gasteiger partial charge in [0, 0.05) is 49.1 Å². The van der Waals surface area contributed by atoms with E-state index in [0.717, 1.165) is 57.7 Å². The average molecular weight is 564 g/mol. The fourth-order valence-corrected chi connectivity index (χ4v) is 6.25. The monoisotopic (exact) mass is 563 g/mol. The second-order valence-electron chi connectivity index (χ2n) is 11.5. The van der Waals surface area contributed by atoms with Crippen LogP contribution >= 0.6 is 11.8 Å². The van der Waals surface area contributed by atoms with E-state index in [0.29, 0.717) is 0 Å². The molecule has 0 saturated carbocycles. The van der Waals surface area contributed by atoms with Crippen molar-refractivity contribution >= 4 is 17.4 Å². The minimum absolute atomic E-state index is 0.982. The summed E-state index contributed by atoms with van der Waals surface area (Å²) in [6.07, 6.45) is 11.7. The zero-order chi connectivity index (χ0) is 28.9. The Morgan fingerprint density at radius 3 is 2.15 bits per heavy atom. The standard InChI is InChI=1S/C38H47N2S/c1-31(2)12-10-13-32(3)14-11-15-33(4)24-29-41-38-19-9-8-18-37(38)35-22-20-34(21-23-35)30-39-25-27-40(28-26-39)36-16-6-5-7-17-36/h5-9,12,14,16-18,20-24H,10-11,13,15,25-30H2,1-4H3/b32-14+,33-24+. The van der Waals surface area contributed by atoms with Crippen LogP contribution in [0.15, 0.2) is 113 Å². The maximum Gasteiger partial charge on any atom is 0.0367 e. The van der Waals surface area contributed by atoms with Gasteiger partial charge in [0.25, 0.3) is 0 Å². The molecule has 0 spiro atoms. The van der Waals surface area contributed by atoms with E-state index in [4.69, 9.17) is 0 Å². The minimum atomic E-state index is 0.982. The first-order valence-corrected chi connectivity index (χ1v) is 16.2. The molecule has 41 heavy (non-hydrogen) atoms. The van der Waals surface area contributed by atoms with Crippen LogP contribution in [-0.2, 0) is 6.54 Å². The van der Waals surface area contributed by atoms with Gasteiger partial charge in [-0.15, -0.1) is 11.8 Å². The van der Waals surface area contributed by atoms with E-state index in [2.05, 4.69) is 129 Å². The lowest BCUT2D eigenvalue weighted by Gasteiger charge is -2.36. The van der Waals surface area contributed by atoms with Crippen molar-refractivity contribution < 1.29 is 0 Å². The van der Waals surface area contributed by atoms with Crippen molar-refractivity contribution in [1.29, 1.82) is 0 Å². The van der Waals surface area contributed by atoms with Gasteiger partial charge >= 0.3 is 0 Å². The Kier molecular flexibility index (Phi) is 12.4. The molecule has 1 heterocycles. The maximum absolute atomic E-state index is 3.50. The van der Waals surface area contributed by atoms with Gasteiger partial charge in [0.15, 0.2) is 0 Å². The molecule has 3 heteroatoms. The smallest absolute Gasteiger partial charge is 0.0367 e. The van der Waals surface area contributed by atoms with Gasteiger partial charge in [0.05, 0.1) is 0 Å². The summed E-state index contributed by atoms with van der Waals surface area (Å²) in [6.45, 7) is 14.3. The van der Waals surface area contributed by atoms with Gasteiger partial charge in [-0.3, -0.25) is 4.90 Å². The fourth-order valence-electron chi connectivity index (χ4n) is 5.23. The predicted molar refractivity (Wildman–Crippen MR) is 181 cm³/mol. The lowest BCUT2D eigenvalue weighted by molar-refractivity contribution is 0.250. The fraction of sp³-hybridized carbons (Fsp3) is 0.368. The highest BCUT2D eigenvalue weighted by Gasteiger charge is 2.17. The molecular weight excluding hydrogens is 516 g/mol. The molecule has 0 aromatic heterocycles. The Balaban J connectivity index is 1.25. The molecule has 0 aliphatic carbocycles.